The average Bonchev–Trinajstić information content (AvgIpc) is 2.48. The summed E-state index contributed by atoms with van der Waals surface area (Å²) >= 11 is 0. The zero-order valence-corrected chi connectivity index (χ0v) is 11.6. The van der Waals surface area contributed by atoms with Gasteiger partial charge in [-0.05, 0) is 43.3 Å². The summed E-state index contributed by atoms with van der Waals surface area (Å²) < 4.78 is 5.33. The molecule has 5 heteroatoms. The highest BCUT2D eigenvalue weighted by molar-refractivity contribution is 5.93. The molecular formula is C16H16N2O3. The van der Waals surface area contributed by atoms with Crippen molar-refractivity contribution in [1.82, 2.24) is 0 Å². The van der Waals surface area contributed by atoms with E-state index in [1.54, 1.807) is 24.3 Å². The summed E-state index contributed by atoms with van der Waals surface area (Å²) in [7, 11) is 0. The van der Waals surface area contributed by atoms with E-state index < -0.39 is 5.91 Å². The molecule has 0 bridgehead atoms. The van der Waals surface area contributed by atoms with Gasteiger partial charge in [-0.2, -0.15) is 0 Å². The summed E-state index contributed by atoms with van der Waals surface area (Å²) in [5.41, 5.74) is 7.38. The molecule has 0 unspecified atom stereocenters. The minimum Gasteiger partial charge on any atom is -0.484 e. The van der Waals surface area contributed by atoms with Crippen LogP contribution in [0.15, 0.2) is 48.5 Å². The Kier molecular flexibility index (Phi) is 4.56. The quantitative estimate of drug-likeness (QED) is 0.882. The van der Waals surface area contributed by atoms with E-state index in [9.17, 15) is 9.59 Å². The van der Waals surface area contributed by atoms with E-state index in [2.05, 4.69) is 5.32 Å². The molecule has 0 aliphatic heterocycles. The lowest BCUT2D eigenvalue weighted by Gasteiger charge is -2.08. The third kappa shape index (κ3) is 4.35. The zero-order chi connectivity index (χ0) is 15.2. The third-order valence-electron chi connectivity index (χ3n) is 2.84. The predicted octanol–water partition coefficient (Wildman–Crippen LogP) is 2.11. The first kappa shape index (κ1) is 14.6. The molecule has 2 aromatic carbocycles. The van der Waals surface area contributed by atoms with Crippen molar-refractivity contribution < 1.29 is 14.3 Å². The van der Waals surface area contributed by atoms with Crippen LogP contribution in [0.5, 0.6) is 5.75 Å². The van der Waals surface area contributed by atoms with Crippen LogP contribution in [0.25, 0.3) is 0 Å². The molecular weight excluding hydrogens is 268 g/mol. The predicted molar refractivity (Wildman–Crippen MR) is 80.3 cm³/mol. The Balaban J connectivity index is 1.86. The van der Waals surface area contributed by atoms with E-state index in [4.69, 9.17) is 10.5 Å². The Labute approximate surface area is 122 Å². The van der Waals surface area contributed by atoms with Crippen molar-refractivity contribution >= 4 is 17.5 Å². The SMILES string of the molecule is Cc1ccc(NC(=O)COc2ccc(C(N)=O)cc2)cc1. The summed E-state index contributed by atoms with van der Waals surface area (Å²) in [5, 5.41) is 2.73. The van der Waals surface area contributed by atoms with Crippen LogP contribution in [0, 0.1) is 6.92 Å². The van der Waals surface area contributed by atoms with Gasteiger partial charge in [-0.25, -0.2) is 0 Å². The number of primary amides is 1. The number of nitrogens with two attached hydrogens (primary N) is 1. The summed E-state index contributed by atoms with van der Waals surface area (Å²) in [5.74, 6) is -0.254. The molecule has 5 nitrogen and oxygen atoms in total. The topological polar surface area (TPSA) is 81.4 Å². The first-order valence-electron chi connectivity index (χ1n) is 6.44. The van der Waals surface area contributed by atoms with Crippen molar-refractivity contribution in [3.63, 3.8) is 0 Å². The van der Waals surface area contributed by atoms with Crippen molar-refractivity contribution in [2.24, 2.45) is 5.73 Å². The molecule has 108 valence electrons. The number of nitrogens with one attached hydrogen (secondary N) is 1. The number of anilines is 1. The van der Waals surface area contributed by atoms with Gasteiger partial charge in [-0.3, -0.25) is 9.59 Å². The largest absolute Gasteiger partial charge is 0.484 e. The molecule has 0 heterocycles. The van der Waals surface area contributed by atoms with Crippen molar-refractivity contribution in [1.29, 1.82) is 0 Å². The zero-order valence-electron chi connectivity index (χ0n) is 11.6. The third-order valence-corrected chi connectivity index (χ3v) is 2.84. The van der Waals surface area contributed by atoms with Crippen molar-refractivity contribution in [2.45, 2.75) is 6.92 Å². The second-order valence-corrected chi connectivity index (χ2v) is 4.59. The highest BCUT2D eigenvalue weighted by Gasteiger charge is 2.05. The Bertz CT molecular complexity index is 634. The lowest BCUT2D eigenvalue weighted by molar-refractivity contribution is -0.118. The fourth-order valence-corrected chi connectivity index (χ4v) is 1.70. The van der Waals surface area contributed by atoms with E-state index >= 15 is 0 Å². The average molecular weight is 284 g/mol. The fourth-order valence-electron chi connectivity index (χ4n) is 1.70. The molecule has 0 aromatic heterocycles. The van der Waals surface area contributed by atoms with Crippen LogP contribution in [-0.4, -0.2) is 18.4 Å². The van der Waals surface area contributed by atoms with Crippen LogP contribution in [0.2, 0.25) is 0 Å². The van der Waals surface area contributed by atoms with Crippen molar-refractivity contribution in [3.8, 4) is 5.75 Å². The van der Waals surface area contributed by atoms with Crippen LogP contribution < -0.4 is 15.8 Å². The van der Waals surface area contributed by atoms with Crippen LogP contribution >= 0.6 is 0 Å². The van der Waals surface area contributed by atoms with Gasteiger partial charge in [0, 0.05) is 11.3 Å². The molecule has 0 aliphatic rings. The first-order valence-corrected chi connectivity index (χ1v) is 6.44. The summed E-state index contributed by atoms with van der Waals surface area (Å²) in [6, 6.07) is 13.8. The molecule has 3 N–H and O–H groups in total. The number of rotatable bonds is 5. The Hall–Kier alpha value is -2.82. The highest BCUT2D eigenvalue weighted by Crippen LogP contribution is 2.12. The van der Waals surface area contributed by atoms with Crippen LogP contribution in [0.3, 0.4) is 0 Å². The van der Waals surface area contributed by atoms with E-state index in [1.165, 1.54) is 0 Å². The number of hydrogen-bond acceptors (Lipinski definition) is 3. The standard InChI is InChI=1S/C16H16N2O3/c1-11-2-6-13(7-3-11)18-15(19)10-21-14-8-4-12(5-9-14)16(17)20/h2-9H,10H2,1H3,(H2,17,20)(H,18,19). The maximum atomic E-state index is 11.7. The Morgan fingerprint density at radius 2 is 1.67 bits per heavy atom. The molecule has 2 aromatic rings. The van der Waals surface area contributed by atoms with Gasteiger partial charge in [0.15, 0.2) is 6.61 Å². The first-order chi connectivity index (χ1) is 10.0. The highest BCUT2D eigenvalue weighted by atomic mass is 16.5. The van der Waals surface area contributed by atoms with E-state index in [-0.39, 0.29) is 12.5 Å². The van der Waals surface area contributed by atoms with E-state index in [1.807, 2.05) is 31.2 Å². The van der Waals surface area contributed by atoms with Gasteiger partial charge in [-0.1, -0.05) is 17.7 Å². The number of amides is 2. The lowest BCUT2D eigenvalue weighted by atomic mass is 10.2. The maximum Gasteiger partial charge on any atom is 0.262 e. The number of carbonyl (C=O) groups excluding carboxylic acids is 2. The smallest absolute Gasteiger partial charge is 0.262 e. The molecule has 0 radical (unpaired) electrons. The maximum absolute atomic E-state index is 11.7. The molecule has 0 saturated heterocycles. The van der Waals surface area contributed by atoms with E-state index in [0.717, 1.165) is 11.3 Å². The Morgan fingerprint density at radius 1 is 1.05 bits per heavy atom. The second-order valence-electron chi connectivity index (χ2n) is 4.59. The monoisotopic (exact) mass is 284 g/mol. The van der Waals surface area contributed by atoms with Gasteiger partial charge >= 0.3 is 0 Å². The molecule has 2 rings (SSSR count). The second kappa shape index (κ2) is 6.56. The number of ether oxygens (including phenoxy) is 1. The minimum atomic E-state index is -0.501. The molecule has 0 spiro atoms. The van der Waals surface area contributed by atoms with Crippen LogP contribution in [-0.2, 0) is 4.79 Å². The summed E-state index contributed by atoms with van der Waals surface area (Å²) in [6.45, 7) is 1.87. The number of hydrogen-bond donors (Lipinski definition) is 2. The molecule has 21 heavy (non-hydrogen) atoms. The molecule has 0 saturated carbocycles. The van der Waals surface area contributed by atoms with Gasteiger partial charge in [-0.15, -0.1) is 0 Å². The normalized spacial score (nSPS) is 9.95. The summed E-state index contributed by atoms with van der Waals surface area (Å²) in [4.78, 5) is 22.7. The van der Waals surface area contributed by atoms with Crippen LogP contribution in [0.1, 0.15) is 15.9 Å². The van der Waals surface area contributed by atoms with Gasteiger partial charge in [0.25, 0.3) is 5.91 Å². The molecule has 2 amide bonds. The van der Waals surface area contributed by atoms with Gasteiger partial charge < -0.3 is 15.8 Å². The van der Waals surface area contributed by atoms with Gasteiger partial charge in [0.05, 0.1) is 0 Å². The van der Waals surface area contributed by atoms with Crippen LogP contribution in [0.4, 0.5) is 5.69 Å². The molecule has 0 fully saturated rings. The van der Waals surface area contributed by atoms with Gasteiger partial charge in [0.1, 0.15) is 5.75 Å². The Morgan fingerprint density at radius 3 is 2.24 bits per heavy atom. The minimum absolute atomic E-state index is 0.107. The van der Waals surface area contributed by atoms with Gasteiger partial charge in [0.2, 0.25) is 5.91 Å². The van der Waals surface area contributed by atoms with Crippen molar-refractivity contribution in [3.05, 3.63) is 59.7 Å². The number of carbonyl (C=O) groups is 2. The number of aryl methyl sites for hydroxylation is 1. The van der Waals surface area contributed by atoms with E-state index in [0.29, 0.717) is 11.3 Å². The van der Waals surface area contributed by atoms with Crippen molar-refractivity contribution in [2.75, 3.05) is 11.9 Å². The fraction of sp³-hybridized carbons (Fsp3) is 0.125. The molecule has 0 atom stereocenters. The summed E-state index contributed by atoms with van der Waals surface area (Å²) in [6.07, 6.45) is 0. The number of benzene rings is 2. The lowest BCUT2D eigenvalue weighted by Crippen LogP contribution is -2.20. The molecule has 0 aliphatic carbocycles.